The molecule has 0 unspecified atom stereocenters. The third-order valence-corrected chi connectivity index (χ3v) is 3.58. The lowest BCUT2D eigenvalue weighted by atomic mass is 10.1. The Bertz CT molecular complexity index is 649. The lowest BCUT2D eigenvalue weighted by Crippen LogP contribution is -2.06. The van der Waals surface area contributed by atoms with E-state index in [1.54, 1.807) is 12.1 Å². The van der Waals surface area contributed by atoms with E-state index in [0.29, 0.717) is 3.57 Å². The third-order valence-electron chi connectivity index (χ3n) is 2.47. The van der Waals surface area contributed by atoms with Gasteiger partial charge in [-0.25, -0.2) is 14.2 Å². The summed E-state index contributed by atoms with van der Waals surface area (Å²) in [7, 11) is 1.30. The Labute approximate surface area is 127 Å². The van der Waals surface area contributed by atoms with Gasteiger partial charge in [0, 0.05) is 15.3 Å². The first-order valence-electron chi connectivity index (χ1n) is 5.22. The van der Waals surface area contributed by atoms with Gasteiger partial charge in [0.15, 0.2) is 5.69 Å². The van der Waals surface area contributed by atoms with Gasteiger partial charge in [0.1, 0.15) is 5.82 Å². The van der Waals surface area contributed by atoms with E-state index in [1.165, 1.54) is 25.4 Å². The van der Waals surface area contributed by atoms with Crippen LogP contribution in [-0.2, 0) is 4.74 Å². The molecule has 1 aromatic carbocycles. The second-order valence-electron chi connectivity index (χ2n) is 3.67. The summed E-state index contributed by atoms with van der Waals surface area (Å²) in [4.78, 5) is 15.5. The maximum atomic E-state index is 13.1. The molecule has 0 aliphatic heterocycles. The number of benzene rings is 1. The molecule has 0 amide bonds. The van der Waals surface area contributed by atoms with Crippen LogP contribution in [0.5, 0.6) is 0 Å². The van der Waals surface area contributed by atoms with Gasteiger partial charge in [-0.3, -0.25) is 0 Å². The molecule has 2 rings (SSSR count). The Kier molecular flexibility index (Phi) is 4.36. The van der Waals surface area contributed by atoms with Crippen molar-refractivity contribution in [3.05, 3.63) is 50.6 Å². The van der Waals surface area contributed by atoms with Crippen LogP contribution in [0.3, 0.4) is 0 Å². The van der Waals surface area contributed by atoms with Gasteiger partial charge in [-0.15, -0.1) is 0 Å². The summed E-state index contributed by atoms with van der Waals surface area (Å²) < 4.78 is 18.4. The Morgan fingerprint density at radius 3 is 2.68 bits per heavy atom. The second kappa shape index (κ2) is 5.83. The number of hydrogen-bond acceptors (Lipinski definition) is 3. The predicted molar refractivity (Wildman–Crippen MR) is 78.7 cm³/mol. The molecule has 6 heteroatoms. The molecule has 0 aliphatic rings. The van der Waals surface area contributed by atoms with Gasteiger partial charge < -0.3 is 4.74 Å². The van der Waals surface area contributed by atoms with Crippen LogP contribution in [0.4, 0.5) is 4.39 Å². The molecule has 3 nitrogen and oxygen atoms in total. The highest BCUT2D eigenvalue weighted by molar-refractivity contribution is 14.1. The fraction of sp³-hybridized carbons (Fsp3) is 0.0769. The van der Waals surface area contributed by atoms with Crippen molar-refractivity contribution in [2.75, 3.05) is 7.11 Å². The zero-order chi connectivity index (χ0) is 14.0. The summed E-state index contributed by atoms with van der Waals surface area (Å²) in [5, 5.41) is 0.0459. The standard InChI is InChI=1S/C13H8ClFINO2/c1-19-13(18)12-11(16)5-8(6-17-12)7-2-3-10(15)9(14)4-7/h2-6H,1H3. The molecule has 1 aromatic heterocycles. The van der Waals surface area contributed by atoms with Crippen molar-refractivity contribution in [3.8, 4) is 11.1 Å². The molecule has 98 valence electrons. The van der Waals surface area contributed by atoms with E-state index >= 15 is 0 Å². The van der Waals surface area contributed by atoms with Gasteiger partial charge in [0.25, 0.3) is 0 Å². The van der Waals surface area contributed by atoms with Crippen LogP contribution in [0.15, 0.2) is 30.5 Å². The Hall–Kier alpha value is -1.21. The minimum absolute atomic E-state index is 0.0459. The van der Waals surface area contributed by atoms with E-state index in [2.05, 4.69) is 9.72 Å². The van der Waals surface area contributed by atoms with Crippen LogP contribution in [0, 0.1) is 9.39 Å². The molecule has 0 saturated carbocycles. The zero-order valence-corrected chi connectivity index (χ0v) is 12.7. The number of nitrogens with zero attached hydrogens (tertiary/aromatic N) is 1. The molecule has 0 bridgehead atoms. The molecule has 19 heavy (non-hydrogen) atoms. The van der Waals surface area contributed by atoms with E-state index in [0.717, 1.165) is 11.1 Å². The van der Waals surface area contributed by atoms with E-state index < -0.39 is 11.8 Å². The van der Waals surface area contributed by atoms with Gasteiger partial charge in [-0.2, -0.15) is 0 Å². The maximum absolute atomic E-state index is 13.1. The largest absolute Gasteiger partial charge is 0.464 e. The summed E-state index contributed by atoms with van der Waals surface area (Å²) in [6, 6.07) is 6.18. The van der Waals surface area contributed by atoms with Gasteiger partial charge in [-0.1, -0.05) is 17.7 Å². The molecule has 2 aromatic rings. The molecule has 0 N–H and O–H groups in total. The molecule has 0 saturated heterocycles. The van der Waals surface area contributed by atoms with Gasteiger partial charge in [-0.05, 0) is 46.4 Å². The van der Waals surface area contributed by atoms with Crippen LogP contribution in [0.2, 0.25) is 5.02 Å². The summed E-state index contributed by atoms with van der Waals surface area (Å²) in [6.07, 6.45) is 1.53. The van der Waals surface area contributed by atoms with Crippen LogP contribution in [-0.4, -0.2) is 18.1 Å². The normalized spacial score (nSPS) is 10.3. The van der Waals surface area contributed by atoms with Crippen molar-refractivity contribution >= 4 is 40.2 Å². The minimum Gasteiger partial charge on any atom is -0.464 e. The number of esters is 1. The van der Waals surface area contributed by atoms with Crippen molar-refractivity contribution in [1.29, 1.82) is 0 Å². The molecule has 0 aliphatic carbocycles. The van der Waals surface area contributed by atoms with Crippen molar-refractivity contribution in [2.24, 2.45) is 0 Å². The number of methoxy groups -OCH3 is 1. The number of ether oxygens (including phenoxy) is 1. The molecular weight excluding hydrogens is 384 g/mol. The first kappa shape index (κ1) is 14.2. The molecule has 0 fully saturated rings. The summed E-state index contributed by atoms with van der Waals surface area (Å²) in [6.45, 7) is 0. The number of carbonyl (C=O) groups is 1. The molecule has 1 heterocycles. The fourth-order valence-electron chi connectivity index (χ4n) is 1.52. The predicted octanol–water partition coefficient (Wildman–Crippen LogP) is 3.93. The highest BCUT2D eigenvalue weighted by Gasteiger charge is 2.13. The van der Waals surface area contributed by atoms with Crippen LogP contribution >= 0.6 is 34.2 Å². The van der Waals surface area contributed by atoms with Crippen molar-refractivity contribution < 1.29 is 13.9 Å². The van der Waals surface area contributed by atoms with E-state index in [4.69, 9.17) is 11.6 Å². The van der Waals surface area contributed by atoms with Crippen molar-refractivity contribution in [3.63, 3.8) is 0 Å². The van der Waals surface area contributed by atoms with Crippen LogP contribution in [0.25, 0.3) is 11.1 Å². The number of aromatic nitrogens is 1. The number of rotatable bonds is 2. The quantitative estimate of drug-likeness (QED) is 0.575. The molecular formula is C13H8ClFINO2. The summed E-state index contributed by atoms with van der Waals surface area (Å²) >= 11 is 7.73. The van der Waals surface area contributed by atoms with Crippen molar-refractivity contribution in [1.82, 2.24) is 4.98 Å². The molecule has 0 spiro atoms. The first-order valence-corrected chi connectivity index (χ1v) is 6.68. The SMILES string of the molecule is COC(=O)c1ncc(-c2ccc(F)c(Cl)c2)cc1I. The first-order chi connectivity index (χ1) is 9.02. The molecule has 0 radical (unpaired) electrons. The topological polar surface area (TPSA) is 39.2 Å². The lowest BCUT2D eigenvalue weighted by molar-refractivity contribution is 0.0593. The Balaban J connectivity index is 2.44. The average Bonchev–Trinajstić information content (AvgIpc) is 2.41. The maximum Gasteiger partial charge on any atom is 0.357 e. The highest BCUT2D eigenvalue weighted by atomic mass is 127. The van der Waals surface area contributed by atoms with E-state index in [9.17, 15) is 9.18 Å². The number of hydrogen-bond donors (Lipinski definition) is 0. The monoisotopic (exact) mass is 391 g/mol. The van der Waals surface area contributed by atoms with E-state index in [1.807, 2.05) is 22.6 Å². The fourth-order valence-corrected chi connectivity index (χ4v) is 2.39. The van der Waals surface area contributed by atoms with Crippen molar-refractivity contribution in [2.45, 2.75) is 0 Å². The average molecular weight is 392 g/mol. The van der Waals surface area contributed by atoms with Gasteiger partial charge >= 0.3 is 5.97 Å². The Morgan fingerprint density at radius 1 is 1.37 bits per heavy atom. The molecule has 0 atom stereocenters. The highest BCUT2D eigenvalue weighted by Crippen LogP contribution is 2.26. The van der Waals surface area contributed by atoms with E-state index in [-0.39, 0.29) is 10.7 Å². The van der Waals surface area contributed by atoms with Gasteiger partial charge in [0.2, 0.25) is 0 Å². The number of carbonyl (C=O) groups excluding carboxylic acids is 1. The second-order valence-corrected chi connectivity index (χ2v) is 5.24. The summed E-state index contributed by atoms with van der Waals surface area (Å²) in [5.74, 6) is -0.965. The number of halogens is 3. The Morgan fingerprint density at radius 2 is 2.11 bits per heavy atom. The van der Waals surface area contributed by atoms with Gasteiger partial charge in [0.05, 0.1) is 12.1 Å². The summed E-state index contributed by atoms with van der Waals surface area (Å²) in [5.41, 5.74) is 1.73. The zero-order valence-electron chi connectivity index (χ0n) is 9.78. The minimum atomic E-state index is -0.493. The third kappa shape index (κ3) is 3.03. The van der Waals surface area contributed by atoms with Crippen LogP contribution < -0.4 is 0 Å². The van der Waals surface area contributed by atoms with Crippen LogP contribution in [0.1, 0.15) is 10.5 Å². The lowest BCUT2D eigenvalue weighted by Gasteiger charge is -2.06. The number of pyridine rings is 1. The smallest absolute Gasteiger partial charge is 0.357 e.